The number of aromatic nitrogens is 3. The molecule has 2 aromatic rings. The monoisotopic (exact) mass is 404 g/mol. The van der Waals surface area contributed by atoms with Crippen LogP contribution in [0.25, 0.3) is 0 Å². The number of methoxy groups -OCH3 is 4. The molecule has 0 aliphatic carbocycles. The van der Waals surface area contributed by atoms with E-state index in [2.05, 4.69) is 15.4 Å². The van der Waals surface area contributed by atoms with Gasteiger partial charge in [0.1, 0.15) is 12.4 Å². The fraction of sp³-hybridized carbons (Fsp3) is 0.421. The summed E-state index contributed by atoms with van der Waals surface area (Å²) in [7, 11) is 6.13. The number of esters is 1. The molecule has 1 atom stereocenters. The molecule has 0 amide bonds. The zero-order valence-electron chi connectivity index (χ0n) is 17.0. The summed E-state index contributed by atoms with van der Waals surface area (Å²) in [4.78, 5) is 17.2. The fourth-order valence-electron chi connectivity index (χ4n) is 3.35. The zero-order valence-corrected chi connectivity index (χ0v) is 17.0. The highest BCUT2D eigenvalue weighted by Crippen LogP contribution is 2.46. The van der Waals surface area contributed by atoms with Crippen LogP contribution in [0.15, 0.2) is 29.7 Å². The topological polar surface area (TPSA) is 106 Å². The Kier molecular flexibility index (Phi) is 6.23. The normalized spacial score (nSPS) is 15.4. The third kappa shape index (κ3) is 3.58. The molecule has 0 fully saturated rings. The van der Waals surface area contributed by atoms with Crippen LogP contribution in [-0.2, 0) is 14.3 Å². The first-order chi connectivity index (χ1) is 14.1. The second kappa shape index (κ2) is 8.82. The van der Waals surface area contributed by atoms with Gasteiger partial charge in [-0.1, -0.05) is 0 Å². The average molecular weight is 404 g/mol. The number of fused-ring (bicyclic) bond motifs is 1. The number of rotatable bonds is 8. The number of ether oxygens (including phenoxy) is 5. The zero-order chi connectivity index (χ0) is 21.0. The van der Waals surface area contributed by atoms with Gasteiger partial charge in [-0.15, -0.1) is 0 Å². The Hall–Kier alpha value is -3.27. The van der Waals surface area contributed by atoms with Crippen molar-refractivity contribution in [2.24, 2.45) is 0 Å². The molecule has 1 aliphatic rings. The van der Waals surface area contributed by atoms with Crippen LogP contribution in [0.1, 0.15) is 18.5 Å². The third-order valence-electron chi connectivity index (χ3n) is 4.49. The highest BCUT2D eigenvalue weighted by atomic mass is 16.5. The van der Waals surface area contributed by atoms with Gasteiger partial charge in [0.25, 0.3) is 0 Å². The summed E-state index contributed by atoms with van der Waals surface area (Å²) in [5, 5.41) is 7.41. The molecule has 1 unspecified atom stereocenters. The summed E-state index contributed by atoms with van der Waals surface area (Å²) in [5.74, 6) is 1.30. The van der Waals surface area contributed by atoms with E-state index >= 15 is 0 Å². The number of carbonyl (C=O) groups excluding carboxylic acids is 1. The lowest BCUT2D eigenvalue weighted by molar-refractivity contribution is -0.139. The Labute approximate surface area is 168 Å². The number of nitrogens with zero attached hydrogens (tertiary/aromatic N) is 3. The van der Waals surface area contributed by atoms with Crippen molar-refractivity contribution in [3.63, 3.8) is 0 Å². The predicted molar refractivity (Wildman–Crippen MR) is 103 cm³/mol. The quantitative estimate of drug-likeness (QED) is 0.659. The molecule has 2 heterocycles. The van der Waals surface area contributed by atoms with Gasteiger partial charge in [0, 0.05) is 12.7 Å². The predicted octanol–water partition coefficient (Wildman–Crippen LogP) is 1.78. The lowest BCUT2D eigenvalue weighted by atomic mass is 9.94. The van der Waals surface area contributed by atoms with Crippen molar-refractivity contribution >= 4 is 11.9 Å². The standard InChI is InChI=1S/C19H24N4O6/c1-6-29-18(24)14-12(9-25-2)22-19-20-10-21-23(19)15(14)11-7-8-13(26-3)17(28-5)16(11)27-4/h7-8,10,15H,6,9H2,1-5H3,(H,20,21,22). The molecular weight excluding hydrogens is 380 g/mol. The first-order valence-corrected chi connectivity index (χ1v) is 8.95. The van der Waals surface area contributed by atoms with Crippen LogP contribution in [0.4, 0.5) is 5.95 Å². The van der Waals surface area contributed by atoms with E-state index in [1.807, 2.05) is 0 Å². The van der Waals surface area contributed by atoms with Crippen molar-refractivity contribution in [1.29, 1.82) is 0 Å². The molecular formula is C19H24N4O6. The molecule has 1 aromatic carbocycles. The first kappa shape index (κ1) is 20.5. The van der Waals surface area contributed by atoms with Crippen LogP contribution < -0.4 is 19.5 Å². The van der Waals surface area contributed by atoms with Crippen molar-refractivity contribution in [2.75, 3.05) is 47.0 Å². The van der Waals surface area contributed by atoms with E-state index in [0.29, 0.717) is 40.0 Å². The van der Waals surface area contributed by atoms with Crippen LogP contribution in [0.2, 0.25) is 0 Å². The van der Waals surface area contributed by atoms with Gasteiger partial charge < -0.3 is 29.0 Å². The van der Waals surface area contributed by atoms with Gasteiger partial charge in [0.2, 0.25) is 11.7 Å². The second-order valence-electron chi connectivity index (χ2n) is 6.03. The maximum atomic E-state index is 12.9. The molecule has 0 saturated carbocycles. The van der Waals surface area contributed by atoms with Gasteiger partial charge in [0.15, 0.2) is 11.5 Å². The minimum Gasteiger partial charge on any atom is -0.493 e. The largest absolute Gasteiger partial charge is 0.493 e. The maximum Gasteiger partial charge on any atom is 0.338 e. The fourth-order valence-corrected chi connectivity index (χ4v) is 3.35. The van der Waals surface area contributed by atoms with Crippen LogP contribution in [0, 0.1) is 0 Å². The SMILES string of the molecule is CCOC(=O)C1=C(COC)Nc2ncnn2C1c1ccc(OC)c(OC)c1OC. The summed E-state index contributed by atoms with van der Waals surface area (Å²) in [6.07, 6.45) is 1.40. The Morgan fingerprint density at radius 2 is 1.90 bits per heavy atom. The van der Waals surface area contributed by atoms with Gasteiger partial charge in [-0.2, -0.15) is 10.1 Å². The molecule has 1 aromatic heterocycles. The van der Waals surface area contributed by atoms with E-state index in [0.717, 1.165) is 0 Å². The van der Waals surface area contributed by atoms with Gasteiger partial charge in [-0.05, 0) is 19.1 Å². The van der Waals surface area contributed by atoms with Gasteiger partial charge in [0.05, 0.1) is 45.8 Å². The Bertz CT molecular complexity index is 923. The summed E-state index contributed by atoms with van der Waals surface area (Å²) >= 11 is 0. The van der Waals surface area contributed by atoms with E-state index in [1.54, 1.807) is 30.8 Å². The molecule has 0 saturated heterocycles. The van der Waals surface area contributed by atoms with Crippen LogP contribution >= 0.6 is 0 Å². The minimum atomic E-state index is -0.673. The molecule has 0 bridgehead atoms. The van der Waals surface area contributed by atoms with Crippen molar-refractivity contribution in [3.8, 4) is 17.2 Å². The van der Waals surface area contributed by atoms with E-state index in [4.69, 9.17) is 23.7 Å². The highest BCUT2D eigenvalue weighted by Gasteiger charge is 2.38. The van der Waals surface area contributed by atoms with Crippen molar-refractivity contribution in [2.45, 2.75) is 13.0 Å². The maximum absolute atomic E-state index is 12.9. The van der Waals surface area contributed by atoms with Crippen molar-refractivity contribution < 1.29 is 28.5 Å². The third-order valence-corrected chi connectivity index (χ3v) is 4.49. The molecule has 10 nitrogen and oxygen atoms in total. The second-order valence-corrected chi connectivity index (χ2v) is 6.03. The van der Waals surface area contributed by atoms with Crippen molar-refractivity contribution in [1.82, 2.24) is 14.8 Å². The first-order valence-electron chi connectivity index (χ1n) is 8.95. The molecule has 3 rings (SSSR count). The highest BCUT2D eigenvalue weighted by molar-refractivity contribution is 5.93. The summed E-state index contributed by atoms with van der Waals surface area (Å²) < 4.78 is 28.7. The van der Waals surface area contributed by atoms with Crippen LogP contribution in [0.5, 0.6) is 17.2 Å². The molecule has 29 heavy (non-hydrogen) atoms. The minimum absolute atomic E-state index is 0.160. The number of nitrogens with one attached hydrogen (secondary N) is 1. The Morgan fingerprint density at radius 3 is 2.52 bits per heavy atom. The Morgan fingerprint density at radius 1 is 1.14 bits per heavy atom. The van der Waals surface area contributed by atoms with Crippen LogP contribution in [-0.4, -0.2) is 62.4 Å². The smallest absolute Gasteiger partial charge is 0.338 e. The van der Waals surface area contributed by atoms with E-state index < -0.39 is 12.0 Å². The summed E-state index contributed by atoms with van der Waals surface area (Å²) in [6, 6.07) is 2.87. The van der Waals surface area contributed by atoms with E-state index in [1.165, 1.54) is 27.7 Å². The average Bonchev–Trinajstić information content (AvgIpc) is 3.20. The number of hydrogen-bond donors (Lipinski definition) is 1. The molecule has 1 aliphatic heterocycles. The number of hydrogen-bond acceptors (Lipinski definition) is 9. The van der Waals surface area contributed by atoms with Gasteiger partial charge in [-0.25, -0.2) is 9.48 Å². The summed E-state index contributed by atoms with van der Waals surface area (Å²) in [5.41, 5.74) is 1.51. The number of benzene rings is 1. The van der Waals surface area contributed by atoms with Gasteiger partial charge in [-0.3, -0.25) is 0 Å². The molecule has 1 N–H and O–H groups in total. The van der Waals surface area contributed by atoms with Gasteiger partial charge >= 0.3 is 5.97 Å². The number of anilines is 1. The summed E-state index contributed by atoms with van der Waals surface area (Å²) in [6.45, 7) is 2.13. The molecule has 0 spiro atoms. The van der Waals surface area contributed by atoms with Crippen LogP contribution in [0.3, 0.4) is 0 Å². The van der Waals surface area contributed by atoms with Crippen molar-refractivity contribution in [3.05, 3.63) is 35.3 Å². The lowest BCUT2D eigenvalue weighted by Gasteiger charge is -2.30. The number of carbonyl (C=O) groups is 1. The molecule has 10 heteroatoms. The lowest BCUT2D eigenvalue weighted by Crippen LogP contribution is -2.32. The molecule has 0 radical (unpaired) electrons. The van der Waals surface area contributed by atoms with E-state index in [9.17, 15) is 4.79 Å². The Balaban J connectivity index is 2.28. The molecule has 156 valence electrons. The van der Waals surface area contributed by atoms with E-state index in [-0.39, 0.29) is 13.2 Å².